The second-order valence-electron chi connectivity index (χ2n) is 15.9. The summed E-state index contributed by atoms with van der Waals surface area (Å²) in [6.07, 6.45) is 15.7. The van der Waals surface area contributed by atoms with Crippen LogP contribution in [0, 0.1) is 5.41 Å². The van der Waals surface area contributed by atoms with Crippen molar-refractivity contribution in [2.75, 3.05) is 37.8 Å². The average molecular weight is 1030 g/mol. The van der Waals surface area contributed by atoms with Gasteiger partial charge in [-0.1, -0.05) is 88.3 Å². The Kier molecular flexibility index (Phi) is 24.7. The number of carbonyl (C=O) groups is 3. The maximum absolute atomic E-state index is 12.7. The Hall–Kier alpha value is -3.22. The first-order valence-corrected chi connectivity index (χ1v) is 27.1. The van der Waals surface area contributed by atoms with Crippen LogP contribution in [0.3, 0.4) is 0 Å². The number of carbonyl (C=O) groups excluding carboxylic acids is 3. The minimum atomic E-state index is -5.58. The van der Waals surface area contributed by atoms with E-state index in [2.05, 4.69) is 77.8 Å². The number of ether oxygens (including phenoxy) is 1. The van der Waals surface area contributed by atoms with E-state index in [0.29, 0.717) is 12.2 Å². The second kappa shape index (κ2) is 28.4. The largest absolute Gasteiger partial charge is 0.481 e. The number of nitrogen functional groups attached to an aromatic ring is 1. The topological polar surface area (TPSA) is 364 Å². The molecule has 378 valence electrons. The SMILES string of the molecule is CC/C=C\C/C=C\C/C=C\CCCCCCCC(=O)SCCNC(=O)CCNC(=O)[C@H](O)C(C)(C)COP(=O)(O)OP(=O)(O)OC[C@H]1O[C@@H](n2cnc3c(N)ncnc32)[C@H](O)[C@@H]1OP(=O)(O)O. The number of amides is 2. The molecule has 2 aromatic rings. The van der Waals surface area contributed by atoms with Gasteiger partial charge in [-0.2, -0.15) is 4.31 Å². The van der Waals surface area contributed by atoms with Crippen LogP contribution < -0.4 is 16.4 Å². The van der Waals surface area contributed by atoms with E-state index in [1.807, 2.05) is 0 Å². The Morgan fingerprint density at radius 3 is 2.27 bits per heavy atom. The van der Waals surface area contributed by atoms with E-state index in [4.69, 9.17) is 19.5 Å². The molecule has 10 N–H and O–H groups in total. The molecular weight excluding hydrogens is 963 g/mol. The summed E-state index contributed by atoms with van der Waals surface area (Å²) in [6.45, 7) is 2.66. The minimum absolute atomic E-state index is 0.0316. The molecule has 1 fully saturated rings. The summed E-state index contributed by atoms with van der Waals surface area (Å²) < 4.78 is 62.4. The first-order chi connectivity index (χ1) is 31.6. The Morgan fingerprint density at radius 2 is 1.57 bits per heavy atom. The van der Waals surface area contributed by atoms with Crippen molar-refractivity contribution < 1.29 is 80.5 Å². The highest BCUT2D eigenvalue weighted by molar-refractivity contribution is 8.13. The number of nitrogens with zero attached hydrogens (tertiary/aromatic N) is 4. The fraction of sp³-hybridized carbons (Fsp3) is 0.641. The Labute approximate surface area is 393 Å². The molecule has 1 aliphatic rings. The summed E-state index contributed by atoms with van der Waals surface area (Å²) in [4.78, 5) is 88.3. The third-order valence-electron chi connectivity index (χ3n) is 9.80. The highest BCUT2D eigenvalue weighted by Crippen LogP contribution is 2.61. The first-order valence-electron chi connectivity index (χ1n) is 21.6. The van der Waals surface area contributed by atoms with Crippen LogP contribution in [0.15, 0.2) is 49.1 Å². The van der Waals surface area contributed by atoms with Crippen LogP contribution in [0.1, 0.15) is 97.6 Å². The summed E-state index contributed by atoms with van der Waals surface area (Å²) in [6, 6.07) is 0. The van der Waals surface area contributed by atoms with Crippen LogP contribution in [0.2, 0.25) is 0 Å². The molecule has 67 heavy (non-hydrogen) atoms. The molecule has 2 aromatic heterocycles. The lowest BCUT2D eigenvalue weighted by Gasteiger charge is -2.30. The highest BCUT2D eigenvalue weighted by atomic mass is 32.2. The van der Waals surface area contributed by atoms with Crippen molar-refractivity contribution in [1.82, 2.24) is 30.2 Å². The average Bonchev–Trinajstić information content (AvgIpc) is 3.81. The highest BCUT2D eigenvalue weighted by Gasteiger charge is 2.50. The molecule has 24 nitrogen and oxygen atoms in total. The summed E-state index contributed by atoms with van der Waals surface area (Å²) in [5.74, 6) is -1.05. The van der Waals surface area contributed by atoms with Gasteiger partial charge in [-0.05, 0) is 38.5 Å². The number of aliphatic hydroxyl groups is 2. The van der Waals surface area contributed by atoms with Gasteiger partial charge >= 0.3 is 23.5 Å². The van der Waals surface area contributed by atoms with E-state index >= 15 is 0 Å². The smallest absolute Gasteiger partial charge is 0.386 e. The van der Waals surface area contributed by atoms with Crippen LogP contribution in [0.4, 0.5) is 5.82 Å². The molecular formula is C39H64N7O17P3S. The Bertz CT molecular complexity index is 2140. The number of anilines is 1. The fourth-order valence-corrected chi connectivity index (χ4v) is 9.81. The van der Waals surface area contributed by atoms with Gasteiger partial charge in [0.25, 0.3) is 0 Å². The molecule has 0 spiro atoms. The molecule has 1 saturated heterocycles. The molecule has 2 unspecified atom stereocenters. The van der Waals surface area contributed by atoms with Gasteiger partial charge in [0, 0.05) is 37.1 Å². The number of nitrogens with one attached hydrogen (secondary N) is 2. The van der Waals surface area contributed by atoms with E-state index in [1.165, 1.54) is 13.8 Å². The third-order valence-corrected chi connectivity index (χ3v) is 13.8. The molecule has 7 atom stereocenters. The number of allylic oxidation sites excluding steroid dienone is 6. The van der Waals surface area contributed by atoms with Gasteiger partial charge in [-0.25, -0.2) is 28.6 Å². The van der Waals surface area contributed by atoms with Crippen molar-refractivity contribution in [2.45, 2.75) is 122 Å². The molecule has 0 aliphatic carbocycles. The summed E-state index contributed by atoms with van der Waals surface area (Å²) in [7, 11) is -16.4. The molecule has 28 heteroatoms. The first kappa shape index (κ1) is 58.1. The van der Waals surface area contributed by atoms with Gasteiger partial charge in [0.2, 0.25) is 11.8 Å². The number of imidazole rings is 1. The number of hydrogen-bond donors (Lipinski definition) is 9. The predicted octanol–water partition coefficient (Wildman–Crippen LogP) is 4.25. The predicted molar refractivity (Wildman–Crippen MR) is 246 cm³/mol. The zero-order chi connectivity index (χ0) is 49.7. The lowest BCUT2D eigenvalue weighted by molar-refractivity contribution is -0.137. The molecule has 0 bridgehead atoms. The standard InChI is InChI=1S/C39H64N7O17P3S/c1-4-5-6-7-8-9-10-11-12-13-14-15-16-17-18-19-30(48)67-23-22-41-29(47)20-21-42-37(51)34(50)39(2,3)25-60-66(57,58)63-65(55,56)59-24-28-33(62-64(52,53)54)32(49)38(61-28)46-27-45-31-35(40)43-26-44-36(31)46/h5-6,8-9,11-12,26-28,32-34,38,49-50H,4,7,10,13-25H2,1-3H3,(H,41,47)(H,42,51)(H,55,56)(H,57,58)(H2,40,43,44)(H2,52,53,54)/b6-5-,9-8-,12-11-/t28-,32-,33-,34+,38-/m1/s1. The van der Waals surface area contributed by atoms with Crippen LogP contribution in [0.25, 0.3) is 11.2 Å². The van der Waals surface area contributed by atoms with Crippen molar-refractivity contribution in [2.24, 2.45) is 5.41 Å². The number of nitrogens with two attached hydrogens (primary N) is 1. The molecule has 1 aliphatic heterocycles. The normalized spacial score (nSPS) is 20.4. The van der Waals surface area contributed by atoms with Crippen LogP contribution in [0.5, 0.6) is 0 Å². The Balaban J connectivity index is 1.31. The number of thioether (sulfide) groups is 1. The molecule has 3 rings (SSSR count). The van der Waals surface area contributed by atoms with Crippen LogP contribution >= 0.6 is 35.2 Å². The molecule has 0 saturated carbocycles. The van der Waals surface area contributed by atoms with Gasteiger partial charge in [-0.3, -0.25) is 32.5 Å². The summed E-state index contributed by atoms with van der Waals surface area (Å²) in [5, 5.41) is 26.6. The lowest BCUT2D eigenvalue weighted by Crippen LogP contribution is -2.46. The van der Waals surface area contributed by atoms with Crippen molar-refractivity contribution in [3.8, 4) is 0 Å². The quantitative estimate of drug-likeness (QED) is 0.0281. The number of fused-ring (bicyclic) bond motifs is 1. The van der Waals surface area contributed by atoms with Crippen molar-refractivity contribution in [3.05, 3.63) is 49.1 Å². The number of phosphoric acid groups is 3. The number of aliphatic hydroxyl groups excluding tert-OH is 2. The van der Waals surface area contributed by atoms with Gasteiger partial charge in [-0.15, -0.1) is 0 Å². The number of aromatic nitrogens is 4. The molecule has 3 heterocycles. The van der Waals surface area contributed by atoms with E-state index in [-0.39, 0.29) is 41.6 Å². The van der Waals surface area contributed by atoms with Gasteiger partial charge in [0.1, 0.15) is 36.3 Å². The number of unbranched alkanes of at least 4 members (excludes halogenated alkanes) is 5. The molecule has 2 amide bonds. The lowest BCUT2D eigenvalue weighted by atomic mass is 9.87. The van der Waals surface area contributed by atoms with E-state index in [0.717, 1.165) is 86.8 Å². The zero-order valence-corrected chi connectivity index (χ0v) is 41.1. The van der Waals surface area contributed by atoms with Gasteiger partial charge < -0.3 is 50.9 Å². The monoisotopic (exact) mass is 1030 g/mol. The van der Waals surface area contributed by atoms with E-state index in [9.17, 15) is 57.9 Å². The molecule has 0 aromatic carbocycles. The van der Waals surface area contributed by atoms with Crippen molar-refractivity contribution >= 4 is 69.1 Å². The van der Waals surface area contributed by atoms with Crippen LogP contribution in [-0.2, 0) is 50.7 Å². The van der Waals surface area contributed by atoms with Gasteiger partial charge in [0.05, 0.1) is 19.5 Å². The second-order valence-corrected chi connectivity index (χ2v) is 21.3. The van der Waals surface area contributed by atoms with Crippen molar-refractivity contribution in [3.63, 3.8) is 0 Å². The summed E-state index contributed by atoms with van der Waals surface area (Å²) >= 11 is 1.14. The molecule has 0 radical (unpaired) electrons. The van der Waals surface area contributed by atoms with Crippen LogP contribution in [-0.4, -0.2) is 123 Å². The van der Waals surface area contributed by atoms with E-state index in [1.54, 1.807) is 0 Å². The maximum Gasteiger partial charge on any atom is 0.481 e. The third kappa shape index (κ3) is 21.5. The Morgan fingerprint density at radius 1 is 0.910 bits per heavy atom. The number of hydrogen-bond acceptors (Lipinski definition) is 18. The minimum Gasteiger partial charge on any atom is -0.386 e. The van der Waals surface area contributed by atoms with Crippen molar-refractivity contribution in [1.29, 1.82) is 0 Å². The summed E-state index contributed by atoms with van der Waals surface area (Å²) in [5.41, 5.74) is 4.28. The fourth-order valence-electron chi connectivity index (χ4n) is 6.26. The maximum atomic E-state index is 12.7. The number of phosphoric ester groups is 3. The van der Waals surface area contributed by atoms with E-state index < -0.39 is 84.6 Å². The number of rotatable bonds is 32. The zero-order valence-electron chi connectivity index (χ0n) is 37.6. The van der Waals surface area contributed by atoms with Gasteiger partial charge in [0.15, 0.2) is 22.8 Å².